The van der Waals surface area contributed by atoms with E-state index in [0.717, 1.165) is 11.1 Å². The van der Waals surface area contributed by atoms with E-state index in [0.29, 0.717) is 5.46 Å². The molecule has 27 heavy (non-hydrogen) atoms. The second-order valence-electron chi connectivity index (χ2n) is 7.98. The first-order valence-corrected chi connectivity index (χ1v) is 10.5. The fraction of sp³-hybridized carbons (Fsp3) is 0.400. The molecular formula is C20H26BNO4S. The minimum atomic E-state index is -3.65. The largest absolute Gasteiger partial charge is 0.494 e. The van der Waals surface area contributed by atoms with Gasteiger partial charge in [0.25, 0.3) is 0 Å². The van der Waals surface area contributed by atoms with Gasteiger partial charge in [0.15, 0.2) is 0 Å². The Balaban J connectivity index is 1.85. The summed E-state index contributed by atoms with van der Waals surface area (Å²) in [5.41, 5.74) is 1.48. The lowest BCUT2D eigenvalue weighted by Gasteiger charge is -2.32. The average Bonchev–Trinajstić information content (AvgIpc) is 2.81. The molecule has 1 fully saturated rings. The van der Waals surface area contributed by atoms with Gasteiger partial charge in [0, 0.05) is 6.54 Å². The SMILES string of the molecule is Cc1cc(B2OC(C)(C)C(C)(C)O2)cc(S(=O)(=O)NCc2ccccc2)c1. The maximum Gasteiger partial charge on any atom is 0.494 e. The predicted octanol–water partition coefficient (Wildman–Crippen LogP) is 2.77. The number of sulfonamides is 1. The van der Waals surface area contributed by atoms with Crippen molar-refractivity contribution in [3.05, 3.63) is 59.7 Å². The van der Waals surface area contributed by atoms with Gasteiger partial charge in [0.1, 0.15) is 0 Å². The zero-order valence-electron chi connectivity index (χ0n) is 16.4. The Morgan fingerprint density at radius 2 is 1.56 bits per heavy atom. The van der Waals surface area contributed by atoms with Crippen molar-refractivity contribution in [2.24, 2.45) is 0 Å². The van der Waals surface area contributed by atoms with Crippen LogP contribution in [-0.4, -0.2) is 26.7 Å². The Labute approximate surface area is 162 Å². The van der Waals surface area contributed by atoms with Crippen LogP contribution in [0.2, 0.25) is 0 Å². The summed E-state index contributed by atoms with van der Waals surface area (Å²) in [7, 11) is -4.25. The zero-order valence-corrected chi connectivity index (χ0v) is 17.3. The van der Waals surface area contributed by atoms with Crippen molar-refractivity contribution < 1.29 is 17.7 Å². The van der Waals surface area contributed by atoms with Crippen molar-refractivity contribution in [2.45, 2.75) is 57.3 Å². The molecule has 0 amide bonds. The minimum Gasteiger partial charge on any atom is -0.399 e. The van der Waals surface area contributed by atoms with Crippen LogP contribution in [-0.2, 0) is 25.9 Å². The fourth-order valence-corrected chi connectivity index (χ4v) is 4.06. The second-order valence-corrected chi connectivity index (χ2v) is 9.74. The van der Waals surface area contributed by atoms with Crippen molar-refractivity contribution >= 4 is 22.6 Å². The molecule has 3 rings (SSSR count). The summed E-state index contributed by atoms with van der Waals surface area (Å²) < 4.78 is 40.4. The monoisotopic (exact) mass is 387 g/mol. The van der Waals surface area contributed by atoms with Crippen LogP contribution >= 0.6 is 0 Å². The molecule has 1 N–H and O–H groups in total. The van der Waals surface area contributed by atoms with Gasteiger partial charge < -0.3 is 9.31 Å². The molecule has 0 saturated carbocycles. The number of hydrogen-bond acceptors (Lipinski definition) is 4. The van der Waals surface area contributed by atoms with Crippen LogP contribution in [0.5, 0.6) is 0 Å². The van der Waals surface area contributed by atoms with Gasteiger partial charge >= 0.3 is 7.12 Å². The summed E-state index contributed by atoms with van der Waals surface area (Å²) in [5, 5.41) is 0. The van der Waals surface area contributed by atoms with Gasteiger partial charge in [-0.05, 0) is 57.8 Å². The van der Waals surface area contributed by atoms with Crippen LogP contribution < -0.4 is 10.2 Å². The molecule has 0 bridgehead atoms. The third-order valence-electron chi connectivity index (χ3n) is 5.22. The molecule has 1 aliphatic heterocycles. The highest BCUT2D eigenvalue weighted by Gasteiger charge is 2.51. The summed E-state index contributed by atoms with van der Waals surface area (Å²) in [6.07, 6.45) is 0. The molecule has 2 aromatic rings. The lowest BCUT2D eigenvalue weighted by Crippen LogP contribution is -2.41. The minimum absolute atomic E-state index is 0.211. The van der Waals surface area contributed by atoms with E-state index >= 15 is 0 Å². The predicted molar refractivity (Wildman–Crippen MR) is 107 cm³/mol. The van der Waals surface area contributed by atoms with Crippen LogP contribution in [0, 0.1) is 6.92 Å². The van der Waals surface area contributed by atoms with Crippen LogP contribution in [0.25, 0.3) is 0 Å². The molecule has 1 saturated heterocycles. The number of aryl methyl sites for hydroxylation is 1. The lowest BCUT2D eigenvalue weighted by molar-refractivity contribution is 0.00578. The lowest BCUT2D eigenvalue weighted by atomic mass is 9.78. The quantitative estimate of drug-likeness (QED) is 0.802. The van der Waals surface area contributed by atoms with E-state index in [1.807, 2.05) is 71.0 Å². The highest BCUT2D eigenvalue weighted by atomic mass is 32.2. The highest BCUT2D eigenvalue weighted by molar-refractivity contribution is 7.89. The van der Waals surface area contributed by atoms with Crippen LogP contribution in [0.3, 0.4) is 0 Å². The van der Waals surface area contributed by atoms with E-state index in [4.69, 9.17) is 9.31 Å². The Hall–Kier alpha value is -1.67. The summed E-state index contributed by atoms with van der Waals surface area (Å²) in [5.74, 6) is 0. The van der Waals surface area contributed by atoms with Crippen LogP contribution in [0.15, 0.2) is 53.4 Å². The van der Waals surface area contributed by atoms with E-state index in [1.54, 1.807) is 12.1 Å². The zero-order chi connectivity index (χ0) is 19.9. The van der Waals surface area contributed by atoms with Gasteiger partial charge in [-0.1, -0.05) is 42.0 Å². The number of nitrogens with one attached hydrogen (secondary N) is 1. The summed E-state index contributed by atoms with van der Waals surface area (Å²) in [6.45, 7) is 10.0. The first-order chi connectivity index (χ1) is 12.5. The van der Waals surface area contributed by atoms with Gasteiger partial charge in [-0.15, -0.1) is 0 Å². The van der Waals surface area contributed by atoms with E-state index in [1.165, 1.54) is 0 Å². The molecule has 144 valence electrons. The maximum atomic E-state index is 12.8. The molecule has 0 spiro atoms. The fourth-order valence-electron chi connectivity index (χ4n) is 2.90. The number of benzene rings is 2. The maximum absolute atomic E-state index is 12.8. The molecule has 0 unspecified atom stereocenters. The highest BCUT2D eigenvalue weighted by Crippen LogP contribution is 2.36. The third kappa shape index (κ3) is 4.27. The van der Waals surface area contributed by atoms with Gasteiger partial charge in [-0.3, -0.25) is 0 Å². The van der Waals surface area contributed by atoms with Gasteiger partial charge in [-0.25, -0.2) is 13.1 Å². The molecule has 7 heteroatoms. The summed E-state index contributed by atoms with van der Waals surface area (Å²) >= 11 is 0. The average molecular weight is 387 g/mol. The standard InChI is InChI=1S/C20H26BNO4S/c1-15-11-17(21-25-19(2,3)20(4,5)26-21)13-18(12-15)27(23,24)22-14-16-9-7-6-8-10-16/h6-13,22H,14H2,1-5H3. The Morgan fingerprint density at radius 1 is 0.963 bits per heavy atom. The molecule has 1 aliphatic rings. The summed E-state index contributed by atoms with van der Waals surface area (Å²) in [4.78, 5) is 0.211. The Bertz CT molecular complexity index is 910. The van der Waals surface area contributed by atoms with Gasteiger partial charge in [0.05, 0.1) is 16.1 Å². The smallest absolute Gasteiger partial charge is 0.399 e. The van der Waals surface area contributed by atoms with Crippen LogP contribution in [0.1, 0.15) is 38.8 Å². The van der Waals surface area contributed by atoms with E-state index in [2.05, 4.69) is 4.72 Å². The molecular weight excluding hydrogens is 361 g/mol. The number of rotatable bonds is 5. The first-order valence-electron chi connectivity index (χ1n) is 9.01. The third-order valence-corrected chi connectivity index (χ3v) is 6.60. The molecule has 0 aliphatic carbocycles. The first kappa shape index (κ1) is 20.1. The van der Waals surface area contributed by atoms with Crippen molar-refractivity contribution in [3.63, 3.8) is 0 Å². The molecule has 0 atom stereocenters. The van der Waals surface area contributed by atoms with Gasteiger partial charge in [0.2, 0.25) is 10.0 Å². The molecule has 5 nitrogen and oxygen atoms in total. The molecule has 0 aromatic heterocycles. The van der Waals surface area contributed by atoms with Crippen molar-refractivity contribution in [1.82, 2.24) is 4.72 Å². The second kappa shape index (κ2) is 7.06. The van der Waals surface area contributed by atoms with Gasteiger partial charge in [-0.2, -0.15) is 0 Å². The summed E-state index contributed by atoms with van der Waals surface area (Å²) in [6, 6.07) is 14.6. The molecule has 2 aromatic carbocycles. The topological polar surface area (TPSA) is 64.6 Å². The van der Waals surface area contributed by atoms with Crippen LogP contribution in [0.4, 0.5) is 0 Å². The molecule has 0 radical (unpaired) electrons. The van der Waals surface area contributed by atoms with E-state index in [-0.39, 0.29) is 11.4 Å². The Kier molecular flexibility index (Phi) is 5.25. The van der Waals surface area contributed by atoms with Crippen molar-refractivity contribution in [3.8, 4) is 0 Å². The van der Waals surface area contributed by atoms with E-state index < -0.39 is 28.3 Å². The van der Waals surface area contributed by atoms with Crippen molar-refractivity contribution in [2.75, 3.05) is 0 Å². The van der Waals surface area contributed by atoms with Crippen molar-refractivity contribution in [1.29, 1.82) is 0 Å². The van der Waals surface area contributed by atoms with E-state index in [9.17, 15) is 8.42 Å². The Morgan fingerprint density at radius 3 is 2.15 bits per heavy atom. The number of hydrogen-bond donors (Lipinski definition) is 1. The normalized spacial score (nSPS) is 18.6. The molecule has 1 heterocycles.